The quantitative estimate of drug-likeness (QED) is 0.787. The van der Waals surface area contributed by atoms with Gasteiger partial charge < -0.3 is 0 Å². The number of hydrogen-bond donors (Lipinski definition) is 0. The van der Waals surface area contributed by atoms with Gasteiger partial charge in [0.05, 0.1) is 11.4 Å². The molecule has 5 heteroatoms. The van der Waals surface area contributed by atoms with Crippen LogP contribution in [0.2, 0.25) is 0 Å². The SMILES string of the molecule is C=C1CN(S(=O)(=O)c2ccc(C)cc2)C(=O)C(C)(C)C1. The molecule has 0 spiro atoms. The zero-order chi connectivity index (χ0) is 15.1. The maximum absolute atomic E-state index is 12.6. The Labute approximate surface area is 120 Å². The van der Waals surface area contributed by atoms with Crippen molar-refractivity contribution in [2.75, 3.05) is 6.54 Å². The second-order valence-corrected chi connectivity index (χ2v) is 7.80. The lowest BCUT2D eigenvalue weighted by Crippen LogP contribution is -2.49. The van der Waals surface area contributed by atoms with Gasteiger partial charge in [-0.05, 0) is 25.5 Å². The van der Waals surface area contributed by atoms with E-state index in [-0.39, 0.29) is 17.3 Å². The van der Waals surface area contributed by atoms with Gasteiger partial charge in [-0.2, -0.15) is 0 Å². The highest BCUT2D eigenvalue weighted by Crippen LogP contribution is 2.35. The van der Waals surface area contributed by atoms with Crippen molar-refractivity contribution in [3.8, 4) is 0 Å². The molecule has 20 heavy (non-hydrogen) atoms. The second kappa shape index (κ2) is 4.74. The average molecular weight is 293 g/mol. The van der Waals surface area contributed by atoms with Crippen LogP contribution in [0, 0.1) is 12.3 Å². The van der Waals surface area contributed by atoms with E-state index in [1.54, 1.807) is 26.0 Å². The molecule has 0 saturated carbocycles. The van der Waals surface area contributed by atoms with E-state index in [1.807, 2.05) is 6.92 Å². The molecule has 1 amide bonds. The number of carbonyl (C=O) groups excluding carboxylic acids is 1. The summed E-state index contributed by atoms with van der Waals surface area (Å²) in [6, 6.07) is 6.51. The number of carbonyl (C=O) groups is 1. The fourth-order valence-corrected chi connectivity index (χ4v) is 3.95. The van der Waals surface area contributed by atoms with Crippen LogP contribution in [-0.4, -0.2) is 25.2 Å². The highest BCUT2D eigenvalue weighted by Gasteiger charge is 2.42. The zero-order valence-electron chi connectivity index (χ0n) is 12.0. The maximum atomic E-state index is 12.6. The monoisotopic (exact) mass is 293 g/mol. The Morgan fingerprint density at radius 2 is 1.75 bits per heavy atom. The summed E-state index contributed by atoms with van der Waals surface area (Å²) in [7, 11) is -3.81. The van der Waals surface area contributed by atoms with Crippen molar-refractivity contribution in [3.63, 3.8) is 0 Å². The fraction of sp³-hybridized carbons (Fsp3) is 0.400. The van der Waals surface area contributed by atoms with E-state index in [0.29, 0.717) is 6.42 Å². The smallest absolute Gasteiger partial charge is 0.266 e. The molecule has 1 aromatic rings. The number of nitrogens with zero attached hydrogens (tertiary/aromatic N) is 1. The third-order valence-electron chi connectivity index (χ3n) is 3.47. The van der Waals surface area contributed by atoms with Crippen LogP contribution in [0.1, 0.15) is 25.8 Å². The number of piperidine rings is 1. The van der Waals surface area contributed by atoms with Gasteiger partial charge in [-0.25, -0.2) is 12.7 Å². The number of sulfonamides is 1. The molecule has 0 radical (unpaired) electrons. The number of benzene rings is 1. The number of amides is 1. The molecule has 1 fully saturated rings. The molecule has 1 aromatic carbocycles. The zero-order valence-corrected chi connectivity index (χ0v) is 12.8. The number of rotatable bonds is 2. The van der Waals surface area contributed by atoms with Crippen molar-refractivity contribution >= 4 is 15.9 Å². The molecule has 0 N–H and O–H groups in total. The minimum atomic E-state index is -3.81. The molecule has 0 aromatic heterocycles. The number of aryl methyl sites for hydroxylation is 1. The molecular weight excluding hydrogens is 274 g/mol. The Morgan fingerprint density at radius 3 is 2.30 bits per heavy atom. The molecule has 4 nitrogen and oxygen atoms in total. The van der Waals surface area contributed by atoms with Gasteiger partial charge in [0.15, 0.2) is 0 Å². The Bertz CT molecular complexity index is 657. The summed E-state index contributed by atoms with van der Waals surface area (Å²) in [5.41, 5.74) is 0.997. The van der Waals surface area contributed by atoms with Crippen LogP contribution in [0.5, 0.6) is 0 Å². The molecule has 1 aliphatic rings. The maximum Gasteiger partial charge on any atom is 0.266 e. The van der Waals surface area contributed by atoms with Gasteiger partial charge in [-0.15, -0.1) is 0 Å². The summed E-state index contributed by atoms with van der Waals surface area (Å²) < 4.78 is 26.2. The summed E-state index contributed by atoms with van der Waals surface area (Å²) in [5, 5.41) is 0. The van der Waals surface area contributed by atoms with E-state index < -0.39 is 15.4 Å². The molecule has 0 atom stereocenters. The first-order chi connectivity index (χ1) is 9.14. The van der Waals surface area contributed by atoms with Crippen LogP contribution in [-0.2, 0) is 14.8 Å². The average Bonchev–Trinajstić information content (AvgIpc) is 2.33. The van der Waals surface area contributed by atoms with Crippen molar-refractivity contribution in [2.45, 2.75) is 32.1 Å². The van der Waals surface area contributed by atoms with Gasteiger partial charge in [0.1, 0.15) is 0 Å². The predicted molar refractivity (Wildman–Crippen MR) is 77.6 cm³/mol. The van der Waals surface area contributed by atoms with E-state index in [0.717, 1.165) is 15.4 Å². The normalized spacial score (nSPS) is 19.2. The van der Waals surface area contributed by atoms with Gasteiger partial charge in [0, 0.05) is 5.41 Å². The van der Waals surface area contributed by atoms with Gasteiger partial charge in [0.25, 0.3) is 10.0 Å². The minimum Gasteiger partial charge on any atom is -0.273 e. The van der Waals surface area contributed by atoms with Gasteiger partial charge in [0.2, 0.25) is 5.91 Å². The van der Waals surface area contributed by atoms with Crippen molar-refractivity contribution in [1.82, 2.24) is 4.31 Å². The Morgan fingerprint density at radius 1 is 1.20 bits per heavy atom. The van der Waals surface area contributed by atoms with Gasteiger partial charge in [-0.1, -0.05) is 43.7 Å². The lowest BCUT2D eigenvalue weighted by Gasteiger charge is -2.37. The molecule has 1 aliphatic heterocycles. The summed E-state index contributed by atoms with van der Waals surface area (Å²) >= 11 is 0. The van der Waals surface area contributed by atoms with E-state index >= 15 is 0 Å². The summed E-state index contributed by atoms with van der Waals surface area (Å²) in [6.07, 6.45) is 0.520. The number of hydrogen-bond acceptors (Lipinski definition) is 3. The fourth-order valence-electron chi connectivity index (χ4n) is 2.40. The van der Waals surface area contributed by atoms with Crippen LogP contribution in [0.15, 0.2) is 41.3 Å². The first kappa shape index (κ1) is 14.8. The van der Waals surface area contributed by atoms with E-state index in [1.165, 1.54) is 12.1 Å². The summed E-state index contributed by atoms with van der Waals surface area (Å²) in [6.45, 7) is 9.30. The Hall–Kier alpha value is -1.62. The topological polar surface area (TPSA) is 54.5 Å². The van der Waals surface area contributed by atoms with E-state index in [2.05, 4.69) is 6.58 Å². The second-order valence-electron chi connectivity index (χ2n) is 5.94. The van der Waals surface area contributed by atoms with Gasteiger partial charge in [-0.3, -0.25) is 4.79 Å². The molecule has 2 rings (SSSR count). The van der Waals surface area contributed by atoms with Crippen LogP contribution >= 0.6 is 0 Å². The van der Waals surface area contributed by atoms with Crippen LogP contribution in [0.4, 0.5) is 0 Å². The van der Waals surface area contributed by atoms with E-state index in [9.17, 15) is 13.2 Å². The van der Waals surface area contributed by atoms with E-state index in [4.69, 9.17) is 0 Å². The molecule has 108 valence electrons. The molecule has 1 heterocycles. The highest BCUT2D eigenvalue weighted by atomic mass is 32.2. The molecular formula is C15H19NO3S. The third kappa shape index (κ3) is 2.50. The standard InChI is InChI=1S/C15H19NO3S/c1-11-5-7-13(8-6-11)20(18,19)16-10-12(2)9-15(3,4)14(16)17/h5-8H,2,9-10H2,1,3-4H3. The summed E-state index contributed by atoms with van der Waals surface area (Å²) in [4.78, 5) is 12.5. The van der Waals surface area contributed by atoms with Crippen molar-refractivity contribution in [3.05, 3.63) is 42.0 Å². The van der Waals surface area contributed by atoms with Gasteiger partial charge >= 0.3 is 0 Å². The minimum absolute atomic E-state index is 0.0679. The Kier molecular flexibility index (Phi) is 3.50. The van der Waals surface area contributed by atoms with Crippen molar-refractivity contribution in [2.24, 2.45) is 5.41 Å². The summed E-state index contributed by atoms with van der Waals surface area (Å²) in [5.74, 6) is -0.370. The first-order valence-electron chi connectivity index (χ1n) is 6.45. The van der Waals surface area contributed by atoms with Crippen LogP contribution < -0.4 is 0 Å². The molecule has 1 saturated heterocycles. The third-order valence-corrected chi connectivity index (χ3v) is 5.22. The van der Waals surface area contributed by atoms with Crippen LogP contribution in [0.3, 0.4) is 0 Å². The van der Waals surface area contributed by atoms with Crippen LogP contribution in [0.25, 0.3) is 0 Å². The highest BCUT2D eigenvalue weighted by molar-refractivity contribution is 7.89. The lowest BCUT2D eigenvalue weighted by molar-refractivity contribution is -0.136. The molecule has 0 bridgehead atoms. The lowest BCUT2D eigenvalue weighted by atomic mass is 9.82. The predicted octanol–water partition coefficient (Wildman–Crippen LogP) is 2.50. The van der Waals surface area contributed by atoms with Crippen molar-refractivity contribution in [1.29, 1.82) is 0 Å². The first-order valence-corrected chi connectivity index (χ1v) is 7.89. The molecule has 0 aliphatic carbocycles. The molecule has 0 unspecified atom stereocenters. The van der Waals surface area contributed by atoms with Crippen molar-refractivity contribution < 1.29 is 13.2 Å². The Balaban J connectivity index is 2.45. The largest absolute Gasteiger partial charge is 0.273 e.